The Morgan fingerprint density at radius 1 is 1.23 bits per heavy atom. The fourth-order valence-electron chi connectivity index (χ4n) is 3.26. The van der Waals surface area contributed by atoms with Crippen LogP contribution in [0.15, 0.2) is 6.07 Å². The van der Waals surface area contributed by atoms with Gasteiger partial charge in [0, 0.05) is 30.6 Å². The second-order valence-corrected chi connectivity index (χ2v) is 9.45. The van der Waals surface area contributed by atoms with Gasteiger partial charge in [0.05, 0.1) is 10.6 Å². The van der Waals surface area contributed by atoms with E-state index in [9.17, 15) is 13.2 Å². The molecule has 2 saturated heterocycles. The van der Waals surface area contributed by atoms with Crippen LogP contribution >= 0.6 is 11.3 Å². The van der Waals surface area contributed by atoms with Crippen molar-refractivity contribution in [1.82, 2.24) is 9.21 Å². The highest BCUT2D eigenvalue weighted by atomic mass is 32.2. The van der Waals surface area contributed by atoms with Gasteiger partial charge in [-0.05, 0) is 44.7 Å². The summed E-state index contributed by atoms with van der Waals surface area (Å²) in [6.07, 6.45) is 2.22. The minimum atomic E-state index is -3.05. The van der Waals surface area contributed by atoms with Crippen LogP contribution in [0.3, 0.4) is 0 Å². The third-order valence-corrected chi connectivity index (χ3v) is 7.81. The number of rotatable bonds is 2. The molecule has 122 valence electrons. The first kappa shape index (κ1) is 16.0. The highest BCUT2D eigenvalue weighted by Gasteiger charge is 2.36. The first-order valence-electron chi connectivity index (χ1n) is 7.74. The first-order valence-corrected chi connectivity index (χ1v) is 10.2. The van der Waals surface area contributed by atoms with E-state index in [1.54, 1.807) is 15.6 Å². The van der Waals surface area contributed by atoms with E-state index in [4.69, 9.17) is 0 Å². The monoisotopic (exact) mass is 342 g/mol. The number of hydrogen-bond donors (Lipinski definition) is 0. The van der Waals surface area contributed by atoms with E-state index in [0.717, 1.165) is 29.7 Å². The third kappa shape index (κ3) is 2.94. The molecule has 0 bridgehead atoms. The zero-order valence-electron chi connectivity index (χ0n) is 13.0. The molecule has 2 aliphatic heterocycles. The highest BCUT2D eigenvalue weighted by Crippen LogP contribution is 2.27. The maximum absolute atomic E-state index is 12.5. The number of aryl methyl sites for hydroxylation is 2. The fraction of sp³-hybridized carbons (Fsp3) is 0.667. The largest absolute Gasteiger partial charge is 0.338 e. The molecule has 7 heteroatoms. The predicted molar refractivity (Wildman–Crippen MR) is 87.8 cm³/mol. The highest BCUT2D eigenvalue weighted by molar-refractivity contribution is 7.89. The number of likely N-dealkylation sites (tertiary alicyclic amines) is 1. The molecule has 1 aromatic heterocycles. The van der Waals surface area contributed by atoms with E-state index in [-0.39, 0.29) is 17.7 Å². The second kappa shape index (κ2) is 5.94. The third-order valence-electron chi connectivity index (χ3n) is 4.67. The van der Waals surface area contributed by atoms with E-state index in [1.807, 2.05) is 24.8 Å². The maximum atomic E-state index is 12.5. The van der Waals surface area contributed by atoms with Gasteiger partial charge < -0.3 is 4.90 Å². The van der Waals surface area contributed by atoms with Gasteiger partial charge in [-0.15, -0.1) is 11.3 Å². The quantitative estimate of drug-likeness (QED) is 0.826. The molecule has 0 radical (unpaired) electrons. The molecule has 0 aromatic carbocycles. The van der Waals surface area contributed by atoms with Gasteiger partial charge >= 0.3 is 0 Å². The number of sulfonamides is 1. The molecule has 0 spiro atoms. The molecule has 0 unspecified atom stereocenters. The summed E-state index contributed by atoms with van der Waals surface area (Å²) in [7, 11) is -3.05. The summed E-state index contributed by atoms with van der Waals surface area (Å²) in [5.41, 5.74) is 1.16. The summed E-state index contributed by atoms with van der Waals surface area (Å²) in [5, 5.41) is 0. The Labute approximate surface area is 136 Å². The van der Waals surface area contributed by atoms with Crippen LogP contribution in [0.5, 0.6) is 0 Å². The van der Waals surface area contributed by atoms with Gasteiger partial charge in [0.2, 0.25) is 10.0 Å². The molecule has 0 aliphatic carbocycles. The SMILES string of the molecule is Cc1cc(C(=O)N2CCC(N3CCCS3(=O)=O)CC2)sc1C. The van der Waals surface area contributed by atoms with Crippen molar-refractivity contribution in [3.05, 3.63) is 21.4 Å². The Morgan fingerprint density at radius 2 is 1.91 bits per heavy atom. The summed E-state index contributed by atoms with van der Waals surface area (Å²) in [6.45, 7) is 5.98. The number of carbonyl (C=O) groups excluding carboxylic acids is 1. The molecule has 0 saturated carbocycles. The van der Waals surface area contributed by atoms with Gasteiger partial charge in [0.1, 0.15) is 0 Å². The van der Waals surface area contributed by atoms with Crippen LogP contribution < -0.4 is 0 Å². The van der Waals surface area contributed by atoms with Gasteiger partial charge in [0.25, 0.3) is 5.91 Å². The smallest absolute Gasteiger partial charge is 0.263 e. The van der Waals surface area contributed by atoms with Crippen molar-refractivity contribution in [2.24, 2.45) is 0 Å². The summed E-state index contributed by atoms with van der Waals surface area (Å²) in [5.74, 6) is 0.365. The number of amides is 1. The maximum Gasteiger partial charge on any atom is 0.263 e. The molecule has 2 aliphatic rings. The number of nitrogens with zero attached hydrogens (tertiary/aromatic N) is 2. The molecule has 1 amide bonds. The van der Waals surface area contributed by atoms with Gasteiger partial charge in [-0.1, -0.05) is 0 Å². The van der Waals surface area contributed by atoms with Crippen molar-refractivity contribution >= 4 is 27.3 Å². The summed E-state index contributed by atoms with van der Waals surface area (Å²) < 4.78 is 25.6. The first-order chi connectivity index (χ1) is 10.4. The molecule has 3 rings (SSSR count). The Kier molecular flexibility index (Phi) is 4.31. The zero-order chi connectivity index (χ0) is 15.9. The summed E-state index contributed by atoms with van der Waals surface area (Å²) in [4.78, 5) is 16.4. The minimum absolute atomic E-state index is 0.0726. The lowest BCUT2D eigenvalue weighted by Gasteiger charge is -2.35. The summed E-state index contributed by atoms with van der Waals surface area (Å²) >= 11 is 1.54. The van der Waals surface area contributed by atoms with Crippen molar-refractivity contribution < 1.29 is 13.2 Å². The number of carbonyl (C=O) groups is 1. The van der Waals surface area contributed by atoms with E-state index >= 15 is 0 Å². The molecule has 22 heavy (non-hydrogen) atoms. The standard InChI is InChI=1S/C15H22N2O3S2/c1-11-10-14(21-12(11)2)15(18)16-7-4-13(5-8-16)17-6-3-9-22(17,19)20/h10,13H,3-9H2,1-2H3. The Balaban J connectivity index is 1.63. The van der Waals surface area contributed by atoms with Gasteiger partial charge in [-0.25, -0.2) is 8.42 Å². The fourth-order valence-corrected chi connectivity index (χ4v) is 6.06. The average Bonchev–Trinajstić information content (AvgIpc) is 3.01. The topological polar surface area (TPSA) is 57.7 Å². The van der Waals surface area contributed by atoms with Crippen molar-refractivity contribution in [2.45, 2.75) is 39.2 Å². The van der Waals surface area contributed by atoms with Gasteiger partial charge in [0.15, 0.2) is 0 Å². The molecular formula is C15H22N2O3S2. The van der Waals surface area contributed by atoms with Crippen LogP contribution in [-0.2, 0) is 10.0 Å². The van der Waals surface area contributed by atoms with Crippen molar-refractivity contribution in [3.8, 4) is 0 Å². The Bertz CT molecular complexity index is 653. The number of thiophene rings is 1. The van der Waals surface area contributed by atoms with E-state index in [0.29, 0.717) is 19.6 Å². The minimum Gasteiger partial charge on any atom is -0.338 e. The molecule has 1 aromatic rings. The lowest BCUT2D eigenvalue weighted by molar-refractivity contribution is 0.0686. The molecule has 2 fully saturated rings. The van der Waals surface area contributed by atoms with Gasteiger partial charge in [-0.3, -0.25) is 4.79 Å². The van der Waals surface area contributed by atoms with Crippen LogP contribution in [0, 0.1) is 13.8 Å². The van der Waals surface area contributed by atoms with Crippen LogP contribution in [0.1, 0.15) is 39.4 Å². The lowest BCUT2D eigenvalue weighted by Crippen LogP contribution is -2.47. The second-order valence-electron chi connectivity index (χ2n) is 6.15. The Morgan fingerprint density at radius 3 is 2.41 bits per heavy atom. The van der Waals surface area contributed by atoms with E-state index < -0.39 is 10.0 Å². The summed E-state index contributed by atoms with van der Waals surface area (Å²) in [6, 6.07) is 2.03. The van der Waals surface area contributed by atoms with Crippen LogP contribution in [0.4, 0.5) is 0 Å². The molecule has 0 N–H and O–H groups in total. The van der Waals surface area contributed by atoms with Crippen LogP contribution in [-0.4, -0.2) is 55.0 Å². The van der Waals surface area contributed by atoms with Crippen LogP contribution in [0.25, 0.3) is 0 Å². The Hall–Kier alpha value is -0.920. The predicted octanol–water partition coefficient (Wildman–Crippen LogP) is 2.01. The molecule has 0 atom stereocenters. The number of piperidine rings is 1. The van der Waals surface area contributed by atoms with E-state index in [2.05, 4.69) is 0 Å². The van der Waals surface area contributed by atoms with Crippen LogP contribution in [0.2, 0.25) is 0 Å². The van der Waals surface area contributed by atoms with Crippen molar-refractivity contribution in [3.63, 3.8) is 0 Å². The number of hydrogen-bond acceptors (Lipinski definition) is 4. The van der Waals surface area contributed by atoms with Crippen molar-refractivity contribution in [2.75, 3.05) is 25.4 Å². The zero-order valence-corrected chi connectivity index (χ0v) is 14.7. The molecule has 5 nitrogen and oxygen atoms in total. The van der Waals surface area contributed by atoms with E-state index in [1.165, 1.54) is 4.88 Å². The van der Waals surface area contributed by atoms with Gasteiger partial charge in [-0.2, -0.15) is 4.31 Å². The lowest BCUT2D eigenvalue weighted by atomic mass is 10.0. The molecule has 3 heterocycles. The normalized spacial score (nSPS) is 23.1. The molecular weight excluding hydrogens is 320 g/mol. The average molecular weight is 342 g/mol. The van der Waals surface area contributed by atoms with Crippen molar-refractivity contribution in [1.29, 1.82) is 0 Å².